The molecule has 6 aromatic rings. The van der Waals surface area contributed by atoms with E-state index in [-0.39, 0.29) is 0 Å². The number of hydrogen-bond donors (Lipinski definition) is 0. The van der Waals surface area contributed by atoms with Crippen molar-refractivity contribution in [1.82, 2.24) is 9.97 Å². The minimum Gasteiger partial charge on any atom is -0.236 e. The van der Waals surface area contributed by atoms with Crippen LogP contribution in [0.25, 0.3) is 52.3 Å². The van der Waals surface area contributed by atoms with E-state index in [2.05, 4.69) is 72.8 Å². The van der Waals surface area contributed by atoms with Gasteiger partial charge in [0, 0.05) is 11.1 Å². The van der Waals surface area contributed by atoms with Crippen LogP contribution in [0.3, 0.4) is 0 Å². The molecule has 2 nitrogen and oxygen atoms in total. The standard InChI is InChI=1S/C24H14N2S2/c1-2-8-16-15(7-1)17(23-25-19-9-3-5-11-21(19)27-23)13-14-18(16)24-26-20-10-4-6-12-22(20)28-24/h1-14H. The number of rotatable bonds is 2. The first-order chi connectivity index (χ1) is 13.9. The Labute approximate surface area is 169 Å². The fourth-order valence-electron chi connectivity index (χ4n) is 3.65. The number of para-hydroxylation sites is 2. The SMILES string of the molecule is c1ccc2sc(-c3ccc(-c4nc5ccccc5s4)c4ccccc34)nc2c1. The van der Waals surface area contributed by atoms with Crippen LogP contribution < -0.4 is 0 Å². The minimum atomic E-state index is 1.06. The Morgan fingerprint density at radius 1 is 0.464 bits per heavy atom. The highest BCUT2D eigenvalue weighted by Crippen LogP contribution is 2.40. The lowest BCUT2D eigenvalue weighted by Gasteiger charge is -2.08. The molecule has 28 heavy (non-hydrogen) atoms. The molecule has 0 saturated carbocycles. The normalized spacial score (nSPS) is 11.6. The van der Waals surface area contributed by atoms with Crippen LogP contribution in [0.4, 0.5) is 0 Å². The highest BCUT2D eigenvalue weighted by Gasteiger charge is 2.14. The molecule has 0 unspecified atom stereocenters. The number of aromatic nitrogens is 2. The van der Waals surface area contributed by atoms with Gasteiger partial charge in [-0.15, -0.1) is 22.7 Å². The third-order valence-corrected chi connectivity index (χ3v) is 7.11. The Morgan fingerprint density at radius 3 is 1.36 bits per heavy atom. The first-order valence-corrected chi connectivity index (χ1v) is 10.7. The second-order valence-corrected chi connectivity index (χ2v) is 8.74. The van der Waals surface area contributed by atoms with Crippen molar-refractivity contribution in [3.05, 3.63) is 84.9 Å². The van der Waals surface area contributed by atoms with Crippen LogP contribution in [0.15, 0.2) is 84.9 Å². The Bertz CT molecular complexity index is 1300. The van der Waals surface area contributed by atoms with E-state index in [0.717, 1.165) is 21.0 Å². The molecule has 2 aromatic heterocycles. The average molecular weight is 395 g/mol. The molecule has 132 valence electrons. The first-order valence-electron chi connectivity index (χ1n) is 9.10. The fraction of sp³-hybridized carbons (Fsp3) is 0. The van der Waals surface area contributed by atoms with Gasteiger partial charge in [-0.05, 0) is 35.0 Å². The molecule has 2 heterocycles. The maximum Gasteiger partial charge on any atom is 0.125 e. The number of nitrogens with zero attached hydrogens (tertiary/aromatic N) is 2. The average Bonchev–Trinajstić information content (AvgIpc) is 3.37. The van der Waals surface area contributed by atoms with Crippen molar-refractivity contribution in [3.8, 4) is 21.1 Å². The molecule has 0 aliphatic heterocycles. The number of benzene rings is 4. The van der Waals surface area contributed by atoms with Crippen molar-refractivity contribution >= 4 is 53.9 Å². The van der Waals surface area contributed by atoms with E-state index < -0.39 is 0 Å². The highest BCUT2D eigenvalue weighted by molar-refractivity contribution is 7.22. The third-order valence-electron chi connectivity index (χ3n) is 4.97. The van der Waals surface area contributed by atoms with Crippen LogP contribution in [-0.2, 0) is 0 Å². The molecule has 0 aliphatic rings. The molecule has 4 heteroatoms. The van der Waals surface area contributed by atoms with Gasteiger partial charge in [0.1, 0.15) is 10.0 Å². The smallest absolute Gasteiger partial charge is 0.125 e. The van der Waals surface area contributed by atoms with Gasteiger partial charge in [-0.2, -0.15) is 0 Å². The van der Waals surface area contributed by atoms with Gasteiger partial charge in [-0.1, -0.05) is 60.7 Å². The van der Waals surface area contributed by atoms with Crippen LogP contribution in [0, 0.1) is 0 Å². The van der Waals surface area contributed by atoms with Crippen LogP contribution >= 0.6 is 22.7 Å². The molecule has 4 aromatic carbocycles. The van der Waals surface area contributed by atoms with Crippen molar-refractivity contribution in [1.29, 1.82) is 0 Å². The van der Waals surface area contributed by atoms with E-state index >= 15 is 0 Å². The molecule has 6 rings (SSSR count). The molecule has 0 N–H and O–H groups in total. The summed E-state index contributed by atoms with van der Waals surface area (Å²) < 4.78 is 2.44. The maximum atomic E-state index is 4.88. The second-order valence-electron chi connectivity index (χ2n) is 6.68. The van der Waals surface area contributed by atoms with E-state index in [1.807, 2.05) is 12.1 Å². The monoisotopic (exact) mass is 394 g/mol. The van der Waals surface area contributed by atoms with Crippen LogP contribution in [0.1, 0.15) is 0 Å². The minimum absolute atomic E-state index is 1.06. The van der Waals surface area contributed by atoms with Gasteiger partial charge in [-0.25, -0.2) is 9.97 Å². The summed E-state index contributed by atoms with van der Waals surface area (Å²) in [6.07, 6.45) is 0. The van der Waals surface area contributed by atoms with Gasteiger partial charge in [0.25, 0.3) is 0 Å². The van der Waals surface area contributed by atoms with Crippen LogP contribution in [0.5, 0.6) is 0 Å². The zero-order valence-corrected chi connectivity index (χ0v) is 16.4. The maximum absolute atomic E-state index is 4.88. The molecule has 0 radical (unpaired) electrons. The summed E-state index contributed by atoms with van der Waals surface area (Å²) in [6.45, 7) is 0. The first kappa shape index (κ1) is 15.9. The zero-order valence-electron chi connectivity index (χ0n) is 14.8. The molecule has 0 bridgehead atoms. The fourth-order valence-corrected chi connectivity index (χ4v) is 5.66. The molecule has 0 spiro atoms. The Morgan fingerprint density at radius 2 is 0.893 bits per heavy atom. The predicted octanol–water partition coefficient (Wildman–Crippen LogP) is 7.39. The third kappa shape index (κ3) is 2.46. The van der Waals surface area contributed by atoms with Gasteiger partial charge in [0.2, 0.25) is 0 Å². The molecular formula is C24H14N2S2. The Balaban J connectivity index is 1.60. The molecule has 0 amide bonds. The van der Waals surface area contributed by atoms with Crippen LogP contribution in [-0.4, -0.2) is 9.97 Å². The second kappa shape index (κ2) is 6.23. The summed E-state index contributed by atoms with van der Waals surface area (Å²) in [6, 6.07) is 29.6. The molecule has 0 atom stereocenters. The summed E-state index contributed by atoms with van der Waals surface area (Å²) in [5.74, 6) is 0. The van der Waals surface area contributed by atoms with Crippen molar-refractivity contribution in [2.24, 2.45) is 0 Å². The van der Waals surface area contributed by atoms with Gasteiger partial charge in [0.05, 0.1) is 20.4 Å². The summed E-state index contributed by atoms with van der Waals surface area (Å²) >= 11 is 3.49. The zero-order chi connectivity index (χ0) is 18.5. The summed E-state index contributed by atoms with van der Waals surface area (Å²) in [5.41, 5.74) is 4.48. The van der Waals surface area contributed by atoms with E-state index in [0.29, 0.717) is 0 Å². The highest BCUT2D eigenvalue weighted by atomic mass is 32.1. The molecular weight excluding hydrogens is 380 g/mol. The summed E-state index contributed by atoms with van der Waals surface area (Å²) in [5, 5.41) is 4.57. The van der Waals surface area contributed by atoms with Crippen LogP contribution in [0.2, 0.25) is 0 Å². The number of thiazole rings is 2. The van der Waals surface area contributed by atoms with Gasteiger partial charge < -0.3 is 0 Å². The quantitative estimate of drug-likeness (QED) is 0.306. The summed E-state index contributed by atoms with van der Waals surface area (Å²) in [7, 11) is 0. The number of fused-ring (bicyclic) bond motifs is 3. The van der Waals surface area contributed by atoms with Gasteiger partial charge in [0.15, 0.2) is 0 Å². The van der Waals surface area contributed by atoms with Crippen molar-refractivity contribution in [2.75, 3.05) is 0 Å². The van der Waals surface area contributed by atoms with Gasteiger partial charge in [-0.3, -0.25) is 0 Å². The Hall–Kier alpha value is -3.08. The largest absolute Gasteiger partial charge is 0.236 e. The Kier molecular flexibility index (Phi) is 3.54. The topological polar surface area (TPSA) is 25.8 Å². The molecule has 0 fully saturated rings. The lowest BCUT2D eigenvalue weighted by atomic mass is 10.00. The van der Waals surface area contributed by atoms with E-state index in [9.17, 15) is 0 Å². The lowest BCUT2D eigenvalue weighted by Crippen LogP contribution is -1.85. The van der Waals surface area contributed by atoms with Crippen molar-refractivity contribution in [3.63, 3.8) is 0 Å². The van der Waals surface area contributed by atoms with E-state index in [1.165, 1.54) is 31.3 Å². The van der Waals surface area contributed by atoms with Crippen molar-refractivity contribution < 1.29 is 0 Å². The van der Waals surface area contributed by atoms with E-state index in [4.69, 9.17) is 9.97 Å². The molecule has 0 saturated heterocycles. The lowest BCUT2D eigenvalue weighted by molar-refractivity contribution is 1.47. The van der Waals surface area contributed by atoms with Crippen molar-refractivity contribution in [2.45, 2.75) is 0 Å². The summed E-state index contributed by atoms with van der Waals surface area (Å²) in [4.78, 5) is 9.75. The van der Waals surface area contributed by atoms with E-state index in [1.54, 1.807) is 22.7 Å². The molecule has 0 aliphatic carbocycles. The predicted molar refractivity (Wildman–Crippen MR) is 121 cm³/mol. The van der Waals surface area contributed by atoms with Gasteiger partial charge >= 0.3 is 0 Å². The number of hydrogen-bond acceptors (Lipinski definition) is 4.